The number of rotatable bonds is 3. The molecule has 1 aliphatic carbocycles. The molecule has 0 spiro atoms. The van der Waals surface area contributed by atoms with E-state index in [1.165, 1.54) is 0 Å². The average molecular weight is 386 g/mol. The third-order valence-corrected chi connectivity index (χ3v) is 3.82. The van der Waals surface area contributed by atoms with Gasteiger partial charge in [0, 0.05) is 12.1 Å². The summed E-state index contributed by atoms with van der Waals surface area (Å²) in [7, 11) is -4.67. The molecule has 0 bridgehead atoms. The Morgan fingerprint density at radius 2 is 1.68 bits per heavy atom. The lowest BCUT2D eigenvalue weighted by Crippen LogP contribution is -2.63. The molecule has 1 aliphatic heterocycles. The molecule has 148 valence electrons. The Morgan fingerprint density at radius 1 is 1.12 bits per heavy atom. The number of aliphatic hydroxyl groups excluding tert-OH is 2. The number of hydrogen-bond donors (Lipinski definition) is 8. The van der Waals surface area contributed by atoms with Crippen LogP contribution in [-0.4, -0.2) is 77.0 Å². The molecule has 0 aromatic rings. The lowest BCUT2D eigenvalue weighted by Gasteiger charge is -2.42. The van der Waals surface area contributed by atoms with Crippen LogP contribution in [0.5, 0.6) is 0 Å². The molecule has 0 aromatic carbocycles. The van der Waals surface area contributed by atoms with Gasteiger partial charge in [0.1, 0.15) is 18.0 Å². The van der Waals surface area contributed by atoms with E-state index in [9.17, 15) is 10.2 Å². The van der Waals surface area contributed by atoms with Crippen LogP contribution in [0.2, 0.25) is 0 Å². The van der Waals surface area contributed by atoms with Gasteiger partial charge >= 0.3 is 10.4 Å². The molecule has 0 saturated heterocycles. The first-order valence-corrected chi connectivity index (χ1v) is 8.87. The van der Waals surface area contributed by atoms with Crippen LogP contribution >= 0.6 is 0 Å². The van der Waals surface area contributed by atoms with E-state index in [4.69, 9.17) is 49.9 Å². The summed E-state index contributed by atoms with van der Waals surface area (Å²) in [5.74, 6) is 0.591. The summed E-state index contributed by atoms with van der Waals surface area (Å²) < 4.78 is 42.8. The predicted octanol–water partition coefficient (Wildman–Crippen LogP) is -3.58. The van der Waals surface area contributed by atoms with Crippen LogP contribution in [0.25, 0.3) is 0 Å². The molecule has 0 radical (unpaired) electrons. The molecule has 0 amide bonds. The molecule has 12 nitrogen and oxygen atoms in total. The lowest BCUT2D eigenvalue weighted by molar-refractivity contribution is -0.216. The van der Waals surface area contributed by atoms with Crippen molar-refractivity contribution in [2.24, 2.45) is 22.9 Å². The highest BCUT2D eigenvalue weighted by atomic mass is 32.3. The fourth-order valence-corrected chi connectivity index (χ4v) is 2.55. The number of aliphatic hydroxyl groups is 2. The van der Waals surface area contributed by atoms with Gasteiger partial charge in [-0.1, -0.05) is 0 Å². The first-order valence-electron chi connectivity index (χ1n) is 7.48. The minimum absolute atomic E-state index is 0.249. The average Bonchev–Trinajstić information content (AvgIpc) is 2.49. The SMILES string of the molecule is NCC1=CC[C@@H](N)[C@@H](O[C@H]2[C@H](O)[C@@H](O)[C@H](N)C[C@@H]2N)O1.O=S(=O)(O)O. The summed E-state index contributed by atoms with van der Waals surface area (Å²) in [5, 5.41) is 19.9. The molecule has 2 rings (SSSR count). The van der Waals surface area contributed by atoms with E-state index in [-0.39, 0.29) is 12.6 Å². The fraction of sp³-hybridized carbons (Fsp3) is 0.833. The fourth-order valence-electron chi connectivity index (χ4n) is 2.55. The van der Waals surface area contributed by atoms with Crippen LogP contribution in [0, 0.1) is 0 Å². The van der Waals surface area contributed by atoms with Gasteiger partial charge in [0.05, 0.1) is 18.7 Å². The molecule has 1 fully saturated rings. The second-order valence-electron chi connectivity index (χ2n) is 5.85. The van der Waals surface area contributed by atoms with Crippen molar-refractivity contribution in [2.45, 2.75) is 55.6 Å². The van der Waals surface area contributed by atoms with Gasteiger partial charge in [0.25, 0.3) is 0 Å². The van der Waals surface area contributed by atoms with Crippen LogP contribution < -0.4 is 22.9 Å². The van der Waals surface area contributed by atoms with Crippen molar-refractivity contribution >= 4 is 10.4 Å². The smallest absolute Gasteiger partial charge is 0.394 e. The van der Waals surface area contributed by atoms with E-state index in [1.807, 2.05) is 6.08 Å². The molecule has 13 heteroatoms. The maximum Gasteiger partial charge on any atom is 0.394 e. The third kappa shape index (κ3) is 7.10. The van der Waals surface area contributed by atoms with Gasteiger partial charge in [-0.3, -0.25) is 9.11 Å². The van der Waals surface area contributed by atoms with Crippen LogP contribution in [0.1, 0.15) is 12.8 Å². The van der Waals surface area contributed by atoms with Gasteiger partial charge in [-0.05, 0) is 18.9 Å². The zero-order chi connectivity index (χ0) is 19.4. The molecule has 1 saturated carbocycles. The summed E-state index contributed by atoms with van der Waals surface area (Å²) in [4.78, 5) is 0. The molecule has 12 N–H and O–H groups in total. The van der Waals surface area contributed by atoms with Crippen molar-refractivity contribution in [2.75, 3.05) is 6.54 Å². The Bertz CT molecular complexity index is 551. The predicted molar refractivity (Wildman–Crippen MR) is 86.2 cm³/mol. The molecule has 0 aromatic heterocycles. The highest BCUT2D eigenvalue weighted by Crippen LogP contribution is 2.25. The van der Waals surface area contributed by atoms with Crippen molar-refractivity contribution in [3.63, 3.8) is 0 Å². The van der Waals surface area contributed by atoms with Crippen LogP contribution in [0.3, 0.4) is 0 Å². The second kappa shape index (κ2) is 9.18. The van der Waals surface area contributed by atoms with Gasteiger partial charge in [-0.25, -0.2) is 0 Å². The number of nitrogens with two attached hydrogens (primary N) is 4. The van der Waals surface area contributed by atoms with Crippen LogP contribution in [0.15, 0.2) is 11.8 Å². The summed E-state index contributed by atoms with van der Waals surface area (Å²) in [6, 6.07) is -1.44. The van der Waals surface area contributed by atoms with E-state index in [0.29, 0.717) is 18.6 Å². The van der Waals surface area contributed by atoms with E-state index >= 15 is 0 Å². The Kier molecular flexibility index (Phi) is 8.14. The van der Waals surface area contributed by atoms with Gasteiger partial charge in [0.15, 0.2) is 0 Å². The van der Waals surface area contributed by atoms with E-state index in [0.717, 1.165) is 0 Å². The van der Waals surface area contributed by atoms with Crippen molar-refractivity contribution < 1.29 is 37.2 Å². The Hall–Kier alpha value is -0.870. The van der Waals surface area contributed by atoms with Gasteiger partial charge in [-0.15, -0.1) is 0 Å². The lowest BCUT2D eigenvalue weighted by atomic mass is 9.84. The summed E-state index contributed by atoms with van der Waals surface area (Å²) in [6.07, 6.45) is -1.04. The normalized spacial score (nSPS) is 38.9. The maximum atomic E-state index is 10.0. The summed E-state index contributed by atoms with van der Waals surface area (Å²) in [5.41, 5.74) is 23.1. The molecule has 0 unspecified atom stereocenters. The van der Waals surface area contributed by atoms with Crippen molar-refractivity contribution in [3.05, 3.63) is 11.8 Å². The van der Waals surface area contributed by atoms with Crippen molar-refractivity contribution in [1.29, 1.82) is 0 Å². The maximum absolute atomic E-state index is 10.0. The van der Waals surface area contributed by atoms with E-state index in [1.54, 1.807) is 0 Å². The standard InChI is InChI=1S/C12H24N4O4.H2O4S/c13-4-5-1-2-6(14)12(19-5)20-11-8(16)3-7(15)9(17)10(11)18;1-5(2,3)4/h1,6-12,17-18H,2-4,13-16H2;(H2,1,2,3,4)/t6-,7-,8+,9+,10-,11-,12-;/m1./s1. The first kappa shape index (κ1) is 22.2. The molecule has 1 heterocycles. The van der Waals surface area contributed by atoms with Gasteiger partial charge < -0.3 is 42.6 Å². The highest BCUT2D eigenvalue weighted by Gasteiger charge is 2.43. The van der Waals surface area contributed by atoms with Crippen molar-refractivity contribution in [1.82, 2.24) is 0 Å². The molecular weight excluding hydrogens is 360 g/mol. The summed E-state index contributed by atoms with van der Waals surface area (Å²) in [6.45, 7) is 0.249. The van der Waals surface area contributed by atoms with E-state index < -0.39 is 47.1 Å². The topological polar surface area (TPSA) is 238 Å². The molecule has 2 aliphatic rings. The highest BCUT2D eigenvalue weighted by molar-refractivity contribution is 7.79. The number of ether oxygens (including phenoxy) is 2. The quantitative estimate of drug-likeness (QED) is 0.220. The largest absolute Gasteiger partial charge is 0.467 e. The van der Waals surface area contributed by atoms with Crippen LogP contribution in [-0.2, 0) is 19.9 Å². The Morgan fingerprint density at radius 3 is 2.20 bits per heavy atom. The zero-order valence-corrected chi connectivity index (χ0v) is 14.2. The van der Waals surface area contributed by atoms with E-state index in [2.05, 4.69) is 0 Å². The van der Waals surface area contributed by atoms with Crippen molar-refractivity contribution in [3.8, 4) is 0 Å². The second-order valence-corrected chi connectivity index (χ2v) is 6.75. The van der Waals surface area contributed by atoms with Gasteiger partial charge in [-0.2, -0.15) is 8.42 Å². The molecule has 7 atom stereocenters. The number of hydrogen-bond acceptors (Lipinski definition) is 10. The Labute approximate surface area is 145 Å². The Balaban J connectivity index is 0.000000550. The molecule has 25 heavy (non-hydrogen) atoms. The zero-order valence-electron chi connectivity index (χ0n) is 13.4. The summed E-state index contributed by atoms with van der Waals surface area (Å²) >= 11 is 0. The third-order valence-electron chi connectivity index (χ3n) is 3.82. The van der Waals surface area contributed by atoms with Gasteiger partial charge in [0.2, 0.25) is 6.29 Å². The molecular formula is C12H26N4O8S. The first-order chi connectivity index (χ1) is 11.4. The minimum Gasteiger partial charge on any atom is -0.467 e. The monoisotopic (exact) mass is 386 g/mol. The minimum atomic E-state index is -4.67. The van der Waals surface area contributed by atoms with Crippen LogP contribution in [0.4, 0.5) is 0 Å².